The lowest BCUT2D eigenvalue weighted by atomic mass is 9.76. The molecule has 0 nitrogen and oxygen atoms in total. The van der Waals surface area contributed by atoms with Gasteiger partial charge in [0.15, 0.2) is 0 Å². The first kappa shape index (κ1) is 15.8. The molecule has 0 aliphatic heterocycles. The minimum Gasteiger partial charge on any atom is -0.0922 e. The maximum atomic E-state index is 3.68. The van der Waals surface area contributed by atoms with E-state index in [1.165, 1.54) is 11.1 Å². The van der Waals surface area contributed by atoms with E-state index < -0.39 is 0 Å². The van der Waals surface area contributed by atoms with Crippen LogP contribution in [0.2, 0.25) is 0 Å². The Morgan fingerprint density at radius 1 is 1.00 bits per heavy atom. The van der Waals surface area contributed by atoms with Gasteiger partial charge in [-0.15, -0.1) is 0 Å². The number of hydrogen-bond donors (Lipinski definition) is 0. The van der Waals surface area contributed by atoms with Gasteiger partial charge in [-0.2, -0.15) is 0 Å². The first-order valence-corrected chi connectivity index (χ1v) is 7.96. The van der Waals surface area contributed by atoms with E-state index in [9.17, 15) is 0 Å². The van der Waals surface area contributed by atoms with Crippen LogP contribution in [0.25, 0.3) is 0 Å². The highest BCUT2D eigenvalue weighted by atomic mass is 79.9. The zero-order valence-corrected chi connectivity index (χ0v) is 14.3. The molecule has 1 rings (SSSR count). The molecule has 1 heteroatoms. The van der Waals surface area contributed by atoms with Crippen LogP contribution in [0.5, 0.6) is 0 Å². The van der Waals surface area contributed by atoms with Crippen molar-refractivity contribution in [3.8, 4) is 0 Å². The summed E-state index contributed by atoms with van der Waals surface area (Å²) in [7, 11) is 0. The summed E-state index contributed by atoms with van der Waals surface area (Å²) in [5.74, 6) is 0.680. The summed E-state index contributed by atoms with van der Waals surface area (Å²) in [5, 5.41) is 1.05. The molecule has 1 unspecified atom stereocenters. The van der Waals surface area contributed by atoms with E-state index in [0.717, 1.165) is 11.8 Å². The lowest BCUT2D eigenvalue weighted by molar-refractivity contribution is 0.258. The highest BCUT2D eigenvalue weighted by molar-refractivity contribution is 9.09. The first-order chi connectivity index (χ1) is 8.19. The molecule has 18 heavy (non-hydrogen) atoms. The van der Waals surface area contributed by atoms with Crippen molar-refractivity contribution in [1.82, 2.24) is 0 Å². The van der Waals surface area contributed by atoms with Crippen LogP contribution in [-0.2, 0) is 11.8 Å². The topological polar surface area (TPSA) is 0 Å². The highest BCUT2D eigenvalue weighted by Gasteiger charge is 2.27. The summed E-state index contributed by atoms with van der Waals surface area (Å²) in [6.07, 6.45) is 1.14. The van der Waals surface area contributed by atoms with Crippen LogP contribution in [0, 0.1) is 11.3 Å². The van der Waals surface area contributed by atoms with E-state index in [0.29, 0.717) is 11.3 Å². The Hall–Kier alpha value is -0.300. The molecule has 102 valence electrons. The van der Waals surface area contributed by atoms with Crippen LogP contribution >= 0.6 is 15.9 Å². The lowest BCUT2D eigenvalue weighted by Gasteiger charge is -2.32. The maximum absolute atomic E-state index is 3.68. The Morgan fingerprint density at radius 2 is 1.50 bits per heavy atom. The van der Waals surface area contributed by atoms with Gasteiger partial charge < -0.3 is 0 Å². The molecule has 0 aliphatic carbocycles. The van der Waals surface area contributed by atoms with Gasteiger partial charge in [0.25, 0.3) is 0 Å². The van der Waals surface area contributed by atoms with Gasteiger partial charge in [-0.25, -0.2) is 0 Å². The van der Waals surface area contributed by atoms with Crippen LogP contribution in [0.4, 0.5) is 0 Å². The van der Waals surface area contributed by atoms with Crippen molar-refractivity contribution in [3.05, 3.63) is 35.4 Å². The van der Waals surface area contributed by atoms with Gasteiger partial charge in [-0.3, -0.25) is 0 Å². The van der Waals surface area contributed by atoms with E-state index in [-0.39, 0.29) is 5.41 Å². The maximum Gasteiger partial charge on any atom is 0.00909 e. The lowest BCUT2D eigenvalue weighted by Crippen LogP contribution is -2.28. The SMILES string of the molecule is CC(C)C(C)(CBr)Cc1ccc(C(C)(C)C)cc1. The van der Waals surface area contributed by atoms with Crippen molar-refractivity contribution in [3.63, 3.8) is 0 Å². The van der Waals surface area contributed by atoms with Crippen molar-refractivity contribution in [2.45, 2.75) is 53.4 Å². The third-order valence-electron chi connectivity index (χ3n) is 4.13. The van der Waals surface area contributed by atoms with Gasteiger partial charge in [0, 0.05) is 5.33 Å². The van der Waals surface area contributed by atoms with Gasteiger partial charge in [0.2, 0.25) is 0 Å². The number of rotatable bonds is 4. The Balaban J connectivity index is 2.87. The number of benzene rings is 1. The third kappa shape index (κ3) is 3.85. The molecule has 0 aromatic heterocycles. The van der Waals surface area contributed by atoms with E-state index in [1.54, 1.807) is 0 Å². The monoisotopic (exact) mass is 310 g/mol. The van der Waals surface area contributed by atoms with Crippen LogP contribution in [0.1, 0.15) is 52.7 Å². The zero-order chi connectivity index (χ0) is 14.0. The quantitative estimate of drug-likeness (QED) is 0.636. The van der Waals surface area contributed by atoms with Crippen LogP contribution in [-0.4, -0.2) is 5.33 Å². The van der Waals surface area contributed by atoms with Gasteiger partial charge in [0.05, 0.1) is 0 Å². The van der Waals surface area contributed by atoms with Crippen molar-refractivity contribution in [2.75, 3.05) is 5.33 Å². The van der Waals surface area contributed by atoms with E-state index in [1.807, 2.05) is 0 Å². The molecule has 0 aliphatic rings. The van der Waals surface area contributed by atoms with Gasteiger partial charge in [0.1, 0.15) is 0 Å². The molecule has 0 bridgehead atoms. The van der Waals surface area contributed by atoms with Gasteiger partial charge in [-0.05, 0) is 34.3 Å². The fourth-order valence-electron chi connectivity index (χ4n) is 1.99. The predicted octanol–water partition coefficient (Wildman–Crippen LogP) is 5.58. The van der Waals surface area contributed by atoms with Crippen molar-refractivity contribution < 1.29 is 0 Å². The largest absolute Gasteiger partial charge is 0.0922 e. The van der Waals surface area contributed by atoms with E-state index >= 15 is 0 Å². The zero-order valence-electron chi connectivity index (χ0n) is 12.7. The number of halogens is 1. The molecule has 1 atom stereocenters. The smallest absolute Gasteiger partial charge is 0.00909 e. The highest BCUT2D eigenvalue weighted by Crippen LogP contribution is 2.33. The summed E-state index contributed by atoms with van der Waals surface area (Å²) < 4.78 is 0. The number of hydrogen-bond acceptors (Lipinski definition) is 0. The molecule has 0 N–H and O–H groups in total. The second-order valence-corrected chi connectivity index (χ2v) is 7.63. The molecule has 0 spiro atoms. The minimum atomic E-state index is 0.245. The molecule has 1 aromatic rings. The second kappa shape index (κ2) is 5.77. The molecule has 0 fully saturated rings. The Morgan fingerprint density at radius 3 is 1.83 bits per heavy atom. The van der Waals surface area contributed by atoms with Crippen LogP contribution in [0.3, 0.4) is 0 Å². The molecule has 0 amide bonds. The molecular weight excluding hydrogens is 284 g/mol. The molecule has 1 aromatic carbocycles. The standard InChI is InChI=1S/C17H27Br/c1-13(2)17(6,12-18)11-14-7-9-15(10-8-14)16(3,4)5/h7-10,13H,11-12H2,1-6H3. The summed E-state index contributed by atoms with van der Waals surface area (Å²) in [6.45, 7) is 13.8. The fourth-order valence-corrected chi connectivity index (χ4v) is 2.84. The minimum absolute atomic E-state index is 0.245. The molecular formula is C17H27Br. The Labute approximate surface area is 121 Å². The van der Waals surface area contributed by atoms with E-state index in [2.05, 4.69) is 81.7 Å². The summed E-state index contributed by atoms with van der Waals surface area (Å²) in [6, 6.07) is 9.16. The predicted molar refractivity (Wildman–Crippen MR) is 85.6 cm³/mol. The summed E-state index contributed by atoms with van der Waals surface area (Å²) in [4.78, 5) is 0. The summed E-state index contributed by atoms with van der Waals surface area (Å²) >= 11 is 3.68. The van der Waals surface area contributed by atoms with Crippen molar-refractivity contribution in [1.29, 1.82) is 0 Å². The van der Waals surface area contributed by atoms with E-state index in [4.69, 9.17) is 0 Å². The average Bonchev–Trinajstić information content (AvgIpc) is 2.28. The Bertz CT molecular complexity index is 370. The van der Waals surface area contributed by atoms with Crippen LogP contribution < -0.4 is 0 Å². The first-order valence-electron chi connectivity index (χ1n) is 6.84. The third-order valence-corrected chi connectivity index (χ3v) is 5.41. The normalized spacial score (nSPS) is 15.8. The van der Waals surface area contributed by atoms with Crippen molar-refractivity contribution in [2.24, 2.45) is 11.3 Å². The van der Waals surface area contributed by atoms with Crippen LogP contribution in [0.15, 0.2) is 24.3 Å². The molecule has 0 heterocycles. The molecule has 0 radical (unpaired) electrons. The number of alkyl halides is 1. The van der Waals surface area contributed by atoms with Crippen molar-refractivity contribution >= 4 is 15.9 Å². The Kier molecular flexibility index (Phi) is 5.05. The van der Waals surface area contributed by atoms with Gasteiger partial charge >= 0.3 is 0 Å². The second-order valence-electron chi connectivity index (χ2n) is 7.07. The summed E-state index contributed by atoms with van der Waals surface area (Å²) in [5.41, 5.74) is 3.44. The average molecular weight is 311 g/mol. The molecule has 0 saturated heterocycles. The van der Waals surface area contributed by atoms with Gasteiger partial charge in [-0.1, -0.05) is 81.7 Å². The molecule has 0 saturated carbocycles. The fraction of sp³-hybridized carbons (Fsp3) is 0.647.